The first-order chi connectivity index (χ1) is 13.8. The molecule has 0 spiro atoms. The largest absolute Gasteiger partial charge is 0.357 e. The van der Waals surface area contributed by atoms with E-state index in [-0.39, 0.29) is 5.91 Å². The Kier molecular flexibility index (Phi) is 7.94. The third kappa shape index (κ3) is 6.11. The Morgan fingerprint density at radius 1 is 1.07 bits per heavy atom. The number of nitrogens with one attached hydrogen (secondary N) is 2. The lowest BCUT2D eigenvalue weighted by molar-refractivity contribution is -0.128. The predicted octanol–water partition coefficient (Wildman–Crippen LogP) is 2.14. The Balaban J connectivity index is 1.57. The van der Waals surface area contributed by atoms with E-state index in [1.165, 1.54) is 25.7 Å². The van der Waals surface area contributed by atoms with Crippen LogP contribution in [0.25, 0.3) is 0 Å². The third-order valence-electron chi connectivity index (χ3n) is 5.37. The lowest BCUT2D eigenvalue weighted by atomic mass is 10.2. The van der Waals surface area contributed by atoms with Crippen molar-refractivity contribution in [2.24, 2.45) is 4.99 Å². The fourth-order valence-electron chi connectivity index (χ4n) is 3.78. The molecular formula is C21H34N6O. The van der Waals surface area contributed by atoms with Crippen LogP contribution < -0.4 is 15.5 Å². The molecule has 2 aliphatic heterocycles. The molecule has 0 radical (unpaired) electrons. The number of anilines is 1. The Hall–Kier alpha value is -2.31. The first-order valence-electron chi connectivity index (χ1n) is 10.8. The van der Waals surface area contributed by atoms with Gasteiger partial charge in [0.25, 0.3) is 0 Å². The van der Waals surface area contributed by atoms with E-state index in [4.69, 9.17) is 0 Å². The Morgan fingerprint density at radius 3 is 2.50 bits per heavy atom. The summed E-state index contributed by atoms with van der Waals surface area (Å²) in [5.74, 6) is 1.88. The monoisotopic (exact) mass is 386 g/mol. The van der Waals surface area contributed by atoms with Gasteiger partial charge in [0, 0.05) is 38.9 Å². The van der Waals surface area contributed by atoms with E-state index in [0.717, 1.165) is 56.9 Å². The average molecular weight is 387 g/mol. The van der Waals surface area contributed by atoms with Gasteiger partial charge in [-0.25, -0.2) is 9.98 Å². The summed E-state index contributed by atoms with van der Waals surface area (Å²) < 4.78 is 0. The van der Waals surface area contributed by atoms with E-state index >= 15 is 0 Å². The van der Waals surface area contributed by atoms with Gasteiger partial charge in [0.2, 0.25) is 5.91 Å². The van der Waals surface area contributed by atoms with E-state index in [9.17, 15) is 4.79 Å². The lowest BCUT2D eigenvalue weighted by Crippen LogP contribution is -2.44. The summed E-state index contributed by atoms with van der Waals surface area (Å²) in [5.41, 5.74) is 1.14. The maximum absolute atomic E-state index is 12.2. The number of carbonyl (C=O) groups is 1. The van der Waals surface area contributed by atoms with Gasteiger partial charge in [-0.1, -0.05) is 12.8 Å². The first-order valence-corrected chi connectivity index (χ1v) is 10.8. The van der Waals surface area contributed by atoms with Gasteiger partial charge < -0.3 is 20.4 Å². The Morgan fingerprint density at radius 2 is 1.79 bits per heavy atom. The van der Waals surface area contributed by atoms with Gasteiger partial charge in [-0.2, -0.15) is 0 Å². The number of guanidine groups is 1. The van der Waals surface area contributed by atoms with Crippen molar-refractivity contribution in [1.82, 2.24) is 20.5 Å². The number of aliphatic imine (C=N–C) groups is 1. The highest BCUT2D eigenvalue weighted by Gasteiger charge is 2.17. The van der Waals surface area contributed by atoms with Crippen molar-refractivity contribution in [2.45, 2.75) is 52.0 Å². The van der Waals surface area contributed by atoms with Crippen molar-refractivity contribution in [1.29, 1.82) is 0 Å². The number of nitrogens with zero attached hydrogens (tertiary/aromatic N) is 4. The van der Waals surface area contributed by atoms with E-state index < -0.39 is 0 Å². The number of hydrogen-bond acceptors (Lipinski definition) is 4. The predicted molar refractivity (Wildman–Crippen MR) is 114 cm³/mol. The minimum absolute atomic E-state index is 0.149. The van der Waals surface area contributed by atoms with Gasteiger partial charge >= 0.3 is 0 Å². The van der Waals surface area contributed by atoms with Crippen molar-refractivity contribution in [3.8, 4) is 0 Å². The molecule has 154 valence electrons. The SMILES string of the molecule is CCNC(=NCc1ccnc(N2CCCCCC2)c1)NCC(=O)N1CCCC1. The number of rotatable bonds is 6. The van der Waals surface area contributed by atoms with Crippen LogP contribution in [-0.4, -0.2) is 61.0 Å². The summed E-state index contributed by atoms with van der Waals surface area (Å²) in [7, 11) is 0. The molecule has 0 bridgehead atoms. The van der Waals surface area contributed by atoms with E-state index in [1.807, 2.05) is 24.1 Å². The second-order valence-corrected chi connectivity index (χ2v) is 7.56. The molecule has 0 aromatic carbocycles. The third-order valence-corrected chi connectivity index (χ3v) is 5.37. The summed E-state index contributed by atoms with van der Waals surface area (Å²) in [5, 5.41) is 6.40. The summed E-state index contributed by atoms with van der Waals surface area (Å²) in [4.78, 5) is 25.8. The molecule has 1 amide bonds. The maximum Gasteiger partial charge on any atom is 0.241 e. The fraction of sp³-hybridized carbons (Fsp3) is 0.667. The van der Waals surface area contributed by atoms with Crippen LogP contribution in [0.15, 0.2) is 23.3 Å². The molecule has 1 aromatic rings. The zero-order valence-corrected chi connectivity index (χ0v) is 17.1. The van der Waals surface area contributed by atoms with Crippen LogP contribution in [0.5, 0.6) is 0 Å². The van der Waals surface area contributed by atoms with E-state index in [1.54, 1.807) is 0 Å². The first kappa shape index (κ1) is 20.4. The molecule has 0 saturated carbocycles. The maximum atomic E-state index is 12.2. The highest BCUT2D eigenvalue weighted by atomic mass is 16.2. The highest BCUT2D eigenvalue weighted by Crippen LogP contribution is 2.18. The molecule has 0 aliphatic carbocycles. The second-order valence-electron chi connectivity index (χ2n) is 7.56. The highest BCUT2D eigenvalue weighted by molar-refractivity contribution is 5.86. The van der Waals surface area contributed by atoms with Gasteiger partial charge in [-0.05, 0) is 50.3 Å². The van der Waals surface area contributed by atoms with Gasteiger partial charge in [0.1, 0.15) is 5.82 Å². The molecule has 0 unspecified atom stereocenters. The van der Waals surface area contributed by atoms with E-state index in [0.29, 0.717) is 19.0 Å². The van der Waals surface area contributed by atoms with Crippen molar-refractivity contribution >= 4 is 17.7 Å². The number of aromatic nitrogens is 1. The van der Waals surface area contributed by atoms with Crippen LogP contribution >= 0.6 is 0 Å². The smallest absolute Gasteiger partial charge is 0.241 e. The van der Waals surface area contributed by atoms with Gasteiger partial charge in [0.05, 0.1) is 13.1 Å². The van der Waals surface area contributed by atoms with E-state index in [2.05, 4.69) is 31.6 Å². The zero-order chi connectivity index (χ0) is 19.6. The molecule has 3 rings (SSSR count). The number of pyridine rings is 1. The molecule has 2 aliphatic rings. The number of hydrogen-bond donors (Lipinski definition) is 2. The Labute approximate surface area is 168 Å². The van der Waals surface area contributed by atoms with Crippen LogP contribution in [0.2, 0.25) is 0 Å². The zero-order valence-electron chi connectivity index (χ0n) is 17.1. The molecule has 3 heterocycles. The number of carbonyl (C=O) groups excluding carboxylic acids is 1. The molecule has 28 heavy (non-hydrogen) atoms. The fourth-order valence-corrected chi connectivity index (χ4v) is 3.78. The number of amides is 1. The molecule has 2 fully saturated rings. The second kappa shape index (κ2) is 10.9. The van der Waals surface area contributed by atoms with Crippen LogP contribution in [0.1, 0.15) is 51.0 Å². The molecule has 7 heteroatoms. The summed E-state index contributed by atoms with van der Waals surface area (Å²) in [6.07, 6.45) is 9.21. The normalized spacial score (nSPS) is 18.1. The summed E-state index contributed by atoms with van der Waals surface area (Å²) >= 11 is 0. The van der Waals surface area contributed by atoms with Crippen molar-refractivity contribution in [2.75, 3.05) is 44.2 Å². The van der Waals surface area contributed by atoms with Gasteiger partial charge in [-0.15, -0.1) is 0 Å². The molecular weight excluding hydrogens is 352 g/mol. The average Bonchev–Trinajstić information content (AvgIpc) is 3.13. The summed E-state index contributed by atoms with van der Waals surface area (Å²) in [6.45, 7) is 7.58. The molecule has 2 N–H and O–H groups in total. The minimum Gasteiger partial charge on any atom is -0.357 e. The minimum atomic E-state index is 0.149. The van der Waals surface area contributed by atoms with Gasteiger partial charge in [0.15, 0.2) is 5.96 Å². The molecule has 2 saturated heterocycles. The quantitative estimate of drug-likeness (QED) is 0.579. The van der Waals surface area contributed by atoms with Crippen LogP contribution in [0, 0.1) is 0 Å². The van der Waals surface area contributed by atoms with Crippen molar-refractivity contribution in [3.05, 3.63) is 23.9 Å². The van der Waals surface area contributed by atoms with Crippen molar-refractivity contribution < 1.29 is 4.79 Å². The van der Waals surface area contributed by atoms with Crippen molar-refractivity contribution in [3.63, 3.8) is 0 Å². The topological polar surface area (TPSA) is 72.9 Å². The van der Waals surface area contributed by atoms with Gasteiger partial charge in [-0.3, -0.25) is 4.79 Å². The number of likely N-dealkylation sites (tertiary alicyclic amines) is 1. The lowest BCUT2D eigenvalue weighted by Gasteiger charge is -2.21. The van der Waals surface area contributed by atoms with Crippen LogP contribution in [0.3, 0.4) is 0 Å². The Bertz CT molecular complexity index is 648. The summed E-state index contributed by atoms with van der Waals surface area (Å²) in [6, 6.07) is 4.16. The molecule has 7 nitrogen and oxygen atoms in total. The molecule has 0 atom stereocenters. The van der Waals surface area contributed by atoms with Crippen LogP contribution in [0.4, 0.5) is 5.82 Å². The molecule has 1 aromatic heterocycles. The van der Waals surface area contributed by atoms with Crippen LogP contribution in [-0.2, 0) is 11.3 Å². The standard InChI is InChI=1S/C21H34N6O/c1-2-22-21(25-17-20(28)27-13-7-8-14-27)24-16-18-9-10-23-19(15-18)26-11-5-3-4-6-12-26/h9-10,15H,2-8,11-14,16-17H2,1H3,(H2,22,24,25).